The van der Waals surface area contributed by atoms with Crippen molar-refractivity contribution in [2.75, 3.05) is 13.7 Å². The van der Waals surface area contributed by atoms with Crippen molar-refractivity contribution in [2.45, 2.75) is 53.2 Å². The number of aromatic nitrogens is 2. The molecule has 32 heavy (non-hydrogen) atoms. The number of nitrogens with one attached hydrogen (secondary N) is 1. The first-order chi connectivity index (χ1) is 15.3. The molecule has 0 aliphatic heterocycles. The Morgan fingerprint density at radius 3 is 2.34 bits per heavy atom. The Labute approximate surface area is 188 Å². The summed E-state index contributed by atoms with van der Waals surface area (Å²) in [6, 6.07) is 13.2. The van der Waals surface area contributed by atoms with Gasteiger partial charge in [-0.1, -0.05) is 32.0 Å². The lowest BCUT2D eigenvalue weighted by Gasteiger charge is -2.18. The van der Waals surface area contributed by atoms with Gasteiger partial charge < -0.3 is 14.8 Å². The average Bonchev–Trinajstić information content (AvgIpc) is 3.06. The molecule has 1 atom stereocenters. The SMILES string of the molecule is CCn1c(=O)n(CCC(=O)NC(C)c2ccc(OCC(C)C)c(OC)c2)c2ccccc21. The number of imidazole rings is 1. The molecule has 1 aromatic heterocycles. The first-order valence-electron chi connectivity index (χ1n) is 11.1. The molecular formula is C25H33N3O4. The molecule has 1 N–H and O–H groups in total. The van der Waals surface area contributed by atoms with Gasteiger partial charge in [0.2, 0.25) is 5.91 Å². The number of hydrogen-bond donors (Lipinski definition) is 1. The summed E-state index contributed by atoms with van der Waals surface area (Å²) >= 11 is 0. The van der Waals surface area contributed by atoms with E-state index in [2.05, 4.69) is 19.2 Å². The van der Waals surface area contributed by atoms with Crippen LogP contribution in [0.4, 0.5) is 0 Å². The van der Waals surface area contributed by atoms with Gasteiger partial charge in [0.05, 0.1) is 30.8 Å². The summed E-state index contributed by atoms with van der Waals surface area (Å²) in [6.45, 7) is 9.58. The summed E-state index contributed by atoms with van der Waals surface area (Å²) in [6.07, 6.45) is 0.217. The lowest BCUT2D eigenvalue weighted by atomic mass is 10.1. The van der Waals surface area contributed by atoms with Crippen LogP contribution in [0.25, 0.3) is 11.0 Å². The highest BCUT2D eigenvalue weighted by atomic mass is 16.5. The van der Waals surface area contributed by atoms with Crippen LogP contribution < -0.4 is 20.5 Å². The van der Waals surface area contributed by atoms with Crippen molar-refractivity contribution in [3.8, 4) is 11.5 Å². The predicted octanol–water partition coefficient (Wildman–Crippen LogP) is 4.13. The summed E-state index contributed by atoms with van der Waals surface area (Å²) in [5, 5.41) is 3.02. The second-order valence-electron chi connectivity index (χ2n) is 8.32. The van der Waals surface area contributed by atoms with E-state index in [1.165, 1.54) is 0 Å². The number of para-hydroxylation sites is 2. The number of hydrogen-bond acceptors (Lipinski definition) is 4. The number of amides is 1. The van der Waals surface area contributed by atoms with Crippen molar-refractivity contribution in [1.29, 1.82) is 0 Å². The smallest absolute Gasteiger partial charge is 0.329 e. The van der Waals surface area contributed by atoms with E-state index in [9.17, 15) is 9.59 Å². The van der Waals surface area contributed by atoms with Gasteiger partial charge in [0.1, 0.15) is 0 Å². The highest BCUT2D eigenvalue weighted by Gasteiger charge is 2.16. The molecule has 1 unspecified atom stereocenters. The van der Waals surface area contributed by atoms with Gasteiger partial charge >= 0.3 is 5.69 Å². The van der Waals surface area contributed by atoms with Gasteiger partial charge in [-0.2, -0.15) is 0 Å². The van der Waals surface area contributed by atoms with Gasteiger partial charge in [0.25, 0.3) is 0 Å². The second kappa shape index (κ2) is 10.4. The largest absolute Gasteiger partial charge is 0.493 e. The Morgan fingerprint density at radius 2 is 1.72 bits per heavy atom. The van der Waals surface area contributed by atoms with Crippen molar-refractivity contribution in [1.82, 2.24) is 14.5 Å². The molecule has 3 rings (SSSR count). The van der Waals surface area contributed by atoms with E-state index in [0.29, 0.717) is 37.1 Å². The van der Waals surface area contributed by atoms with Crippen molar-refractivity contribution >= 4 is 16.9 Å². The average molecular weight is 440 g/mol. The van der Waals surface area contributed by atoms with Crippen molar-refractivity contribution < 1.29 is 14.3 Å². The van der Waals surface area contributed by atoms with Gasteiger partial charge in [0.15, 0.2) is 11.5 Å². The second-order valence-corrected chi connectivity index (χ2v) is 8.32. The van der Waals surface area contributed by atoms with E-state index in [1.54, 1.807) is 16.2 Å². The van der Waals surface area contributed by atoms with Crippen molar-refractivity contribution in [3.05, 3.63) is 58.5 Å². The van der Waals surface area contributed by atoms with Crippen LogP contribution in [0, 0.1) is 5.92 Å². The van der Waals surface area contributed by atoms with Crippen LogP contribution in [0.3, 0.4) is 0 Å². The normalized spacial score (nSPS) is 12.2. The van der Waals surface area contributed by atoms with Gasteiger partial charge in [-0.15, -0.1) is 0 Å². The zero-order valence-corrected chi connectivity index (χ0v) is 19.6. The fraction of sp³-hybridized carbons (Fsp3) is 0.440. The Kier molecular flexibility index (Phi) is 7.62. The summed E-state index contributed by atoms with van der Waals surface area (Å²) in [4.78, 5) is 25.4. The molecule has 0 aliphatic rings. The first kappa shape index (κ1) is 23.4. The standard InChI is InChI=1S/C25H33N3O4/c1-6-27-20-9-7-8-10-21(20)28(25(27)30)14-13-24(29)26-18(4)19-11-12-22(23(15-19)31-5)32-16-17(2)3/h7-12,15,17-18H,6,13-14,16H2,1-5H3,(H,26,29). The van der Waals surface area contributed by atoms with Gasteiger partial charge in [-0.05, 0) is 49.6 Å². The Hall–Kier alpha value is -3.22. The van der Waals surface area contributed by atoms with Crippen LogP contribution in [0.15, 0.2) is 47.3 Å². The molecule has 0 bridgehead atoms. The number of aryl methyl sites for hydroxylation is 2. The van der Waals surface area contributed by atoms with E-state index in [0.717, 1.165) is 16.6 Å². The number of methoxy groups -OCH3 is 1. The highest BCUT2D eigenvalue weighted by Crippen LogP contribution is 2.30. The maximum absolute atomic E-state index is 12.7. The van der Waals surface area contributed by atoms with Crippen LogP contribution in [-0.4, -0.2) is 28.8 Å². The van der Waals surface area contributed by atoms with E-state index in [1.807, 2.05) is 56.3 Å². The molecule has 172 valence electrons. The summed E-state index contributed by atoms with van der Waals surface area (Å²) < 4.78 is 14.7. The molecule has 0 radical (unpaired) electrons. The van der Waals surface area contributed by atoms with E-state index >= 15 is 0 Å². The quantitative estimate of drug-likeness (QED) is 0.515. The number of carbonyl (C=O) groups is 1. The Balaban J connectivity index is 1.66. The number of fused-ring (bicyclic) bond motifs is 1. The minimum absolute atomic E-state index is 0.0868. The van der Waals surface area contributed by atoms with Crippen LogP contribution in [0.2, 0.25) is 0 Å². The van der Waals surface area contributed by atoms with Crippen molar-refractivity contribution in [2.24, 2.45) is 5.92 Å². The Morgan fingerprint density at radius 1 is 1.03 bits per heavy atom. The van der Waals surface area contributed by atoms with Crippen LogP contribution >= 0.6 is 0 Å². The van der Waals surface area contributed by atoms with Gasteiger partial charge in [-0.25, -0.2) is 4.79 Å². The molecule has 1 amide bonds. The number of carbonyl (C=O) groups excluding carboxylic acids is 1. The zero-order chi connectivity index (χ0) is 23.3. The molecule has 3 aromatic rings. The minimum atomic E-state index is -0.204. The monoisotopic (exact) mass is 439 g/mol. The zero-order valence-electron chi connectivity index (χ0n) is 19.6. The first-order valence-corrected chi connectivity index (χ1v) is 11.1. The maximum atomic E-state index is 12.7. The molecule has 0 saturated heterocycles. The molecule has 0 aliphatic carbocycles. The predicted molar refractivity (Wildman–Crippen MR) is 126 cm³/mol. The van der Waals surface area contributed by atoms with Gasteiger partial charge in [0, 0.05) is 19.5 Å². The van der Waals surface area contributed by atoms with Crippen LogP contribution in [0.1, 0.15) is 45.7 Å². The fourth-order valence-electron chi connectivity index (χ4n) is 3.73. The lowest BCUT2D eigenvalue weighted by Crippen LogP contribution is -2.30. The fourth-order valence-corrected chi connectivity index (χ4v) is 3.73. The van der Waals surface area contributed by atoms with Crippen molar-refractivity contribution in [3.63, 3.8) is 0 Å². The number of rotatable bonds is 10. The van der Waals surface area contributed by atoms with E-state index in [-0.39, 0.29) is 24.1 Å². The highest BCUT2D eigenvalue weighted by molar-refractivity contribution is 5.78. The number of benzene rings is 2. The van der Waals surface area contributed by atoms with Crippen LogP contribution in [-0.2, 0) is 17.9 Å². The third kappa shape index (κ3) is 5.15. The molecule has 7 heteroatoms. The third-order valence-electron chi connectivity index (χ3n) is 5.44. The van der Waals surface area contributed by atoms with Crippen LogP contribution in [0.5, 0.6) is 11.5 Å². The molecule has 0 fully saturated rings. The molecular weight excluding hydrogens is 406 g/mol. The summed E-state index contributed by atoms with van der Waals surface area (Å²) in [7, 11) is 1.61. The third-order valence-corrected chi connectivity index (χ3v) is 5.44. The molecule has 0 spiro atoms. The number of ether oxygens (including phenoxy) is 2. The lowest BCUT2D eigenvalue weighted by molar-refractivity contribution is -0.121. The van der Waals surface area contributed by atoms with E-state index in [4.69, 9.17) is 9.47 Å². The van der Waals surface area contributed by atoms with E-state index < -0.39 is 0 Å². The summed E-state index contributed by atoms with van der Waals surface area (Å²) in [5.41, 5.74) is 2.57. The molecule has 2 aromatic carbocycles. The maximum Gasteiger partial charge on any atom is 0.329 e. The number of nitrogens with zero attached hydrogens (tertiary/aromatic N) is 2. The summed E-state index contributed by atoms with van der Waals surface area (Å²) in [5.74, 6) is 1.63. The van der Waals surface area contributed by atoms with Gasteiger partial charge in [-0.3, -0.25) is 13.9 Å². The molecule has 1 heterocycles. The minimum Gasteiger partial charge on any atom is -0.493 e. The Bertz CT molecular complexity index is 1130. The molecule has 0 saturated carbocycles. The topological polar surface area (TPSA) is 74.5 Å². The molecule has 7 nitrogen and oxygen atoms in total.